The summed E-state index contributed by atoms with van der Waals surface area (Å²) in [6.45, 7) is 4.70. The summed E-state index contributed by atoms with van der Waals surface area (Å²) in [5.41, 5.74) is 4.50. The average Bonchev–Trinajstić information content (AvgIpc) is 3.11. The van der Waals surface area contributed by atoms with E-state index in [2.05, 4.69) is 27.1 Å². The summed E-state index contributed by atoms with van der Waals surface area (Å²) >= 11 is 0. The number of hydrogen-bond acceptors (Lipinski definition) is 5. The smallest absolute Gasteiger partial charge is 0.249 e. The van der Waals surface area contributed by atoms with Gasteiger partial charge in [-0.3, -0.25) is 14.7 Å². The van der Waals surface area contributed by atoms with Crippen molar-refractivity contribution in [2.24, 2.45) is 11.3 Å². The summed E-state index contributed by atoms with van der Waals surface area (Å²) in [5, 5.41) is 7.65. The van der Waals surface area contributed by atoms with Crippen LogP contribution < -0.4 is 4.90 Å². The zero-order valence-electron chi connectivity index (χ0n) is 19.4. The first-order valence-electron chi connectivity index (χ1n) is 11.7. The highest BCUT2D eigenvalue weighted by atomic mass is 19.1. The van der Waals surface area contributed by atoms with E-state index in [-0.39, 0.29) is 23.9 Å². The van der Waals surface area contributed by atoms with Crippen LogP contribution in [0.1, 0.15) is 31.5 Å². The van der Waals surface area contributed by atoms with E-state index < -0.39 is 11.9 Å². The van der Waals surface area contributed by atoms with Crippen LogP contribution in [0, 0.1) is 17.2 Å². The van der Waals surface area contributed by atoms with Gasteiger partial charge in [0.25, 0.3) is 0 Å². The van der Waals surface area contributed by atoms with Gasteiger partial charge in [-0.15, -0.1) is 0 Å². The number of ether oxygens (including phenoxy) is 1. The number of carbonyl (C=O) groups is 2. The molecule has 1 saturated carbocycles. The maximum absolute atomic E-state index is 15.1. The normalized spacial score (nSPS) is 24.6. The van der Waals surface area contributed by atoms with E-state index in [0.29, 0.717) is 41.5 Å². The van der Waals surface area contributed by atoms with Gasteiger partial charge in [-0.2, -0.15) is 5.10 Å². The predicted molar refractivity (Wildman–Crippen MR) is 123 cm³/mol. The fraction of sp³-hybridized carbons (Fsp3) is 0.500. The van der Waals surface area contributed by atoms with Gasteiger partial charge in [-0.1, -0.05) is 6.92 Å². The Bertz CT molecular complexity index is 1330. The summed E-state index contributed by atoms with van der Waals surface area (Å²) in [4.78, 5) is 35.8. The largest absolute Gasteiger partial charge is 0.370 e. The number of aromatic amines is 2. The van der Waals surface area contributed by atoms with Crippen LogP contribution >= 0.6 is 0 Å². The molecule has 0 bridgehead atoms. The molecule has 2 N–H and O–H groups in total. The van der Waals surface area contributed by atoms with E-state index in [1.54, 1.807) is 20.0 Å². The molecule has 3 aromatic rings. The number of imidazole rings is 1. The maximum Gasteiger partial charge on any atom is 0.249 e. The van der Waals surface area contributed by atoms with Crippen LogP contribution in [0.2, 0.25) is 0 Å². The summed E-state index contributed by atoms with van der Waals surface area (Å²) < 4.78 is 20.2. The molecule has 178 valence electrons. The molecule has 2 fully saturated rings. The van der Waals surface area contributed by atoms with Crippen molar-refractivity contribution in [2.75, 3.05) is 31.7 Å². The molecular formula is C24H27FN6O3. The number of likely N-dealkylation sites (N-methyl/N-ethyl adjacent to an activating group) is 1. The van der Waals surface area contributed by atoms with Crippen molar-refractivity contribution in [3.8, 4) is 11.5 Å². The first kappa shape index (κ1) is 21.3. The van der Waals surface area contributed by atoms with E-state index in [9.17, 15) is 9.59 Å². The van der Waals surface area contributed by atoms with Crippen LogP contribution in [0.25, 0.3) is 22.6 Å². The number of nitrogens with zero attached hydrogens (tertiary/aromatic N) is 4. The summed E-state index contributed by atoms with van der Waals surface area (Å²) in [7, 11) is 1.58. The van der Waals surface area contributed by atoms with E-state index >= 15 is 4.39 Å². The number of aromatic nitrogens is 4. The number of anilines is 1. The lowest BCUT2D eigenvalue weighted by atomic mass is 9.88. The summed E-state index contributed by atoms with van der Waals surface area (Å²) in [5.74, 6) is 0.157. The molecule has 3 heterocycles. The number of rotatable bonds is 4. The molecule has 1 unspecified atom stereocenters. The lowest BCUT2D eigenvalue weighted by Crippen LogP contribution is -2.53. The van der Waals surface area contributed by atoms with Gasteiger partial charge in [0.15, 0.2) is 11.6 Å². The van der Waals surface area contributed by atoms with E-state index in [1.165, 1.54) is 22.3 Å². The number of morpholine rings is 1. The number of nitrogens with one attached hydrogen (secondary N) is 2. The molecule has 0 radical (unpaired) electrons. The Balaban J connectivity index is 1.29. The predicted octanol–water partition coefficient (Wildman–Crippen LogP) is 2.43. The molecule has 3 atom stereocenters. The van der Waals surface area contributed by atoms with Crippen molar-refractivity contribution in [1.82, 2.24) is 25.1 Å². The van der Waals surface area contributed by atoms with E-state index in [0.717, 1.165) is 29.8 Å². The summed E-state index contributed by atoms with van der Waals surface area (Å²) in [6, 6.07) is 2.31. The molecule has 2 amide bonds. The number of halogens is 1. The zero-order valence-corrected chi connectivity index (χ0v) is 19.4. The molecule has 34 heavy (non-hydrogen) atoms. The Kier molecular flexibility index (Phi) is 4.61. The maximum atomic E-state index is 15.1. The summed E-state index contributed by atoms with van der Waals surface area (Å²) in [6.07, 6.45) is 3.16. The van der Waals surface area contributed by atoms with Gasteiger partial charge in [0, 0.05) is 30.5 Å². The van der Waals surface area contributed by atoms with Crippen LogP contribution in [0.3, 0.4) is 0 Å². The zero-order chi connectivity index (χ0) is 23.8. The molecule has 1 saturated heterocycles. The Morgan fingerprint density at radius 2 is 2.24 bits per heavy atom. The number of fused-ring (bicyclic) bond motifs is 3. The van der Waals surface area contributed by atoms with Crippen molar-refractivity contribution in [1.29, 1.82) is 0 Å². The molecule has 1 aliphatic heterocycles. The van der Waals surface area contributed by atoms with Gasteiger partial charge in [-0.25, -0.2) is 9.37 Å². The topological polar surface area (TPSA) is 107 Å². The van der Waals surface area contributed by atoms with Crippen molar-refractivity contribution in [2.45, 2.75) is 39.2 Å². The minimum Gasteiger partial charge on any atom is -0.370 e. The number of amides is 2. The fourth-order valence-corrected chi connectivity index (χ4v) is 5.50. The molecule has 2 aromatic heterocycles. The third kappa shape index (κ3) is 3.23. The molecule has 10 heteroatoms. The van der Waals surface area contributed by atoms with E-state index in [1.807, 2.05) is 0 Å². The lowest BCUT2D eigenvalue weighted by molar-refractivity contribution is -0.149. The van der Waals surface area contributed by atoms with Gasteiger partial charge in [-0.05, 0) is 49.7 Å². The second kappa shape index (κ2) is 7.36. The first-order chi connectivity index (χ1) is 16.2. The Labute approximate surface area is 195 Å². The van der Waals surface area contributed by atoms with Gasteiger partial charge < -0.3 is 19.5 Å². The highest BCUT2D eigenvalue weighted by Gasteiger charge is 2.53. The highest BCUT2D eigenvalue weighted by molar-refractivity contribution is 6.00. The minimum absolute atomic E-state index is 0.0329. The second-order valence-corrected chi connectivity index (χ2v) is 10.1. The SMILES string of the molecule is CC(C(=O)N(C)c1cc(F)c2[nH]c(-c3n[nH]c4c3C[C@@H]3C[C@]3(C)C4)nc2c1)N1CCOCC1=O. The Hall–Kier alpha value is -3.27. The number of benzene rings is 1. The average molecular weight is 467 g/mol. The molecule has 6 rings (SSSR count). The van der Waals surface area contributed by atoms with Crippen LogP contribution in [0.15, 0.2) is 12.1 Å². The molecular weight excluding hydrogens is 439 g/mol. The Morgan fingerprint density at radius 3 is 3.03 bits per heavy atom. The molecule has 9 nitrogen and oxygen atoms in total. The first-order valence-corrected chi connectivity index (χ1v) is 11.7. The quantitative estimate of drug-likeness (QED) is 0.614. The van der Waals surface area contributed by atoms with Crippen molar-refractivity contribution in [3.63, 3.8) is 0 Å². The number of hydrogen-bond donors (Lipinski definition) is 2. The molecule has 2 aliphatic carbocycles. The molecule has 1 aromatic carbocycles. The lowest BCUT2D eigenvalue weighted by Gasteiger charge is -2.33. The minimum atomic E-state index is -0.682. The van der Waals surface area contributed by atoms with Crippen LogP contribution in [-0.4, -0.2) is 69.7 Å². The van der Waals surface area contributed by atoms with Gasteiger partial charge in [0.1, 0.15) is 23.9 Å². The molecule has 3 aliphatic rings. The monoisotopic (exact) mass is 466 g/mol. The third-order valence-electron chi connectivity index (χ3n) is 7.84. The number of carbonyl (C=O) groups excluding carboxylic acids is 2. The van der Waals surface area contributed by atoms with Gasteiger partial charge >= 0.3 is 0 Å². The van der Waals surface area contributed by atoms with Gasteiger partial charge in [0.2, 0.25) is 11.8 Å². The van der Waals surface area contributed by atoms with Crippen molar-refractivity contribution < 1.29 is 18.7 Å². The fourth-order valence-electron chi connectivity index (χ4n) is 5.50. The highest BCUT2D eigenvalue weighted by Crippen LogP contribution is 2.59. The third-order valence-corrected chi connectivity index (χ3v) is 7.84. The van der Waals surface area contributed by atoms with Gasteiger partial charge in [0.05, 0.1) is 12.1 Å². The van der Waals surface area contributed by atoms with Crippen molar-refractivity contribution >= 4 is 28.5 Å². The van der Waals surface area contributed by atoms with E-state index in [4.69, 9.17) is 4.74 Å². The van der Waals surface area contributed by atoms with Crippen LogP contribution in [0.5, 0.6) is 0 Å². The standard InChI is InChI=1S/C24H27FN6O3/c1-12(31-4-5-34-11-19(31)32)23(33)30(3)14-7-16(25)21-17(8-14)26-22(27-21)20-15-6-13-9-24(13,2)10-18(15)28-29-20/h7-8,12-13H,4-6,9-11H2,1-3H3,(H,26,27)(H,28,29)/t12?,13-,24-/m1/s1. The molecule has 0 spiro atoms. The van der Waals surface area contributed by atoms with Crippen LogP contribution in [0.4, 0.5) is 10.1 Å². The Morgan fingerprint density at radius 1 is 1.41 bits per heavy atom. The van der Waals surface area contributed by atoms with Crippen LogP contribution in [-0.2, 0) is 27.2 Å². The second-order valence-electron chi connectivity index (χ2n) is 10.1. The number of H-pyrrole nitrogens is 2. The van der Waals surface area contributed by atoms with Crippen molar-refractivity contribution in [3.05, 3.63) is 29.2 Å².